The van der Waals surface area contributed by atoms with Gasteiger partial charge in [0.1, 0.15) is 22.3 Å². The summed E-state index contributed by atoms with van der Waals surface area (Å²) in [5, 5.41) is 29.6. The Balaban J connectivity index is 0.766. The molecule has 0 saturated carbocycles. The molecule has 0 aliphatic heterocycles. The Morgan fingerprint density at radius 3 is 1.03 bits per heavy atom. The van der Waals surface area contributed by atoms with Gasteiger partial charge in [0, 0.05) is 103 Å². The van der Waals surface area contributed by atoms with Gasteiger partial charge in [0.2, 0.25) is 0 Å². The standard InChI is InChI=1S/C79H38N4O4/c80-39-40-17-19-41(20-18-40)44-35-60-50-23-27-54-48-11-3-7-15-66(48)84-76(54)72(50)82-70(60)61(36-44)51-25-29-56-58-33-42(21-31-68(58)86-78(56)73(51)82)43-22-32-69-59(34-43)57-30-26-53-63-38-45(81-64-13-5-1-9-46(64)47-10-2-6-14-65(47)81)37-62-52-24-28-55-49-12-4-8-16-67(49)85-77(55)74(52)83(71(62)63)75(53)79(57)87-69/h1-38H. The monoisotopic (exact) mass is 1110 g/mol. The number of fused-ring (bicyclic) bond motifs is 31. The zero-order valence-corrected chi connectivity index (χ0v) is 45.9. The van der Waals surface area contributed by atoms with Crippen LogP contribution in [0, 0.1) is 11.3 Å². The van der Waals surface area contributed by atoms with Crippen LogP contribution in [0.2, 0.25) is 0 Å². The SMILES string of the molecule is N#Cc1ccc(-c2cc3c4ccc5c6ccccc6oc5c4n4c3c(c2)c2ccc3c5cc(-c6ccc7oc8c(ccc9c%10cc(-n%11c%12ccccc%12c%12ccccc%12%11)cc%11c%12ccc%13c%14ccccc%14oc%13c%12n(c%11%10)c98)c7c6)ccc5oc3c24)cc1. The minimum atomic E-state index is 0.633. The van der Waals surface area contributed by atoms with Gasteiger partial charge in [-0.3, -0.25) is 0 Å². The van der Waals surface area contributed by atoms with Crippen molar-refractivity contribution < 1.29 is 17.7 Å². The van der Waals surface area contributed by atoms with Crippen molar-refractivity contribution in [2.75, 3.05) is 0 Å². The van der Waals surface area contributed by atoms with E-state index in [-0.39, 0.29) is 0 Å². The van der Waals surface area contributed by atoms with E-state index in [9.17, 15) is 5.26 Å². The van der Waals surface area contributed by atoms with Gasteiger partial charge in [-0.25, -0.2) is 0 Å². The van der Waals surface area contributed by atoms with E-state index in [1.54, 1.807) is 0 Å². The highest BCUT2D eigenvalue weighted by Gasteiger charge is 2.29. The minimum Gasteiger partial charge on any atom is -0.454 e. The van der Waals surface area contributed by atoms with Crippen LogP contribution in [0.3, 0.4) is 0 Å². The molecular formula is C79H38N4O4. The van der Waals surface area contributed by atoms with Gasteiger partial charge in [-0.15, -0.1) is 0 Å². The predicted molar refractivity (Wildman–Crippen MR) is 355 cm³/mol. The molecule has 22 rings (SSSR count). The first-order chi connectivity index (χ1) is 43.1. The number of nitrogens with zero attached hydrogens (tertiary/aromatic N) is 4. The van der Waals surface area contributed by atoms with Gasteiger partial charge >= 0.3 is 0 Å². The van der Waals surface area contributed by atoms with Crippen molar-refractivity contribution >= 4 is 186 Å². The Morgan fingerprint density at radius 1 is 0.253 bits per heavy atom. The number of hydrogen-bond acceptors (Lipinski definition) is 5. The zero-order valence-electron chi connectivity index (χ0n) is 45.9. The summed E-state index contributed by atoms with van der Waals surface area (Å²) in [5.41, 5.74) is 21.4. The lowest BCUT2D eigenvalue weighted by Gasteiger charge is -2.09. The van der Waals surface area contributed by atoms with Crippen molar-refractivity contribution in [3.8, 4) is 34.0 Å². The molecule has 8 nitrogen and oxygen atoms in total. The zero-order chi connectivity index (χ0) is 56.2. The average Bonchev–Trinajstić information content (AvgIpc) is 1.55. The number of para-hydroxylation sites is 4. The highest BCUT2D eigenvalue weighted by molar-refractivity contribution is 6.34. The van der Waals surface area contributed by atoms with E-state index in [4.69, 9.17) is 17.7 Å². The maximum atomic E-state index is 9.66. The highest BCUT2D eigenvalue weighted by atomic mass is 16.3. The van der Waals surface area contributed by atoms with Gasteiger partial charge in [0.05, 0.1) is 55.8 Å². The lowest BCUT2D eigenvalue weighted by molar-refractivity contribution is 0.669. The molecule has 0 atom stereocenters. The summed E-state index contributed by atoms with van der Waals surface area (Å²) in [6, 6.07) is 84.8. The van der Waals surface area contributed by atoms with Crippen LogP contribution >= 0.6 is 0 Å². The Hall–Kier alpha value is -12.1. The van der Waals surface area contributed by atoms with Crippen molar-refractivity contribution in [2.45, 2.75) is 0 Å². The van der Waals surface area contributed by atoms with E-state index in [0.717, 1.165) is 192 Å². The van der Waals surface area contributed by atoms with Crippen molar-refractivity contribution in [3.05, 3.63) is 236 Å². The molecule has 0 aliphatic rings. The van der Waals surface area contributed by atoms with Crippen molar-refractivity contribution in [1.29, 1.82) is 5.26 Å². The third-order valence-electron chi connectivity index (χ3n) is 19.5. The van der Waals surface area contributed by atoms with Crippen molar-refractivity contribution in [2.24, 2.45) is 0 Å². The maximum Gasteiger partial charge on any atom is 0.160 e. The second-order valence-electron chi connectivity index (χ2n) is 23.7. The quantitative estimate of drug-likeness (QED) is 0.176. The Labute approximate surface area is 489 Å². The molecule has 87 heavy (non-hydrogen) atoms. The second-order valence-corrected chi connectivity index (χ2v) is 23.7. The smallest absolute Gasteiger partial charge is 0.160 e. The molecule has 0 radical (unpaired) electrons. The molecule has 0 aliphatic carbocycles. The fourth-order valence-corrected chi connectivity index (χ4v) is 15.8. The lowest BCUT2D eigenvalue weighted by atomic mass is 9.98. The van der Waals surface area contributed by atoms with Crippen LogP contribution in [-0.2, 0) is 0 Å². The van der Waals surface area contributed by atoms with Crippen LogP contribution in [0.5, 0.6) is 0 Å². The number of rotatable bonds is 3. The molecule has 0 amide bonds. The first-order valence-corrected chi connectivity index (χ1v) is 29.4. The Kier molecular flexibility index (Phi) is 7.87. The van der Waals surface area contributed by atoms with Gasteiger partial charge in [0.15, 0.2) is 22.3 Å². The van der Waals surface area contributed by atoms with Crippen LogP contribution in [0.4, 0.5) is 0 Å². The maximum absolute atomic E-state index is 9.66. The molecule has 398 valence electrons. The molecule has 9 aromatic heterocycles. The van der Waals surface area contributed by atoms with Gasteiger partial charge in [0.25, 0.3) is 0 Å². The van der Waals surface area contributed by atoms with Gasteiger partial charge < -0.3 is 31.0 Å². The van der Waals surface area contributed by atoms with Crippen LogP contribution in [0.15, 0.2) is 248 Å². The molecule has 9 heterocycles. The summed E-state index contributed by atoms with van der Waals surface area (Å²) in [5.74, 6) is 0. The topological polar surface area (TPSA) is 90.1 Å². The summed E-state index contributed by atoms with van der Waals surface area (Å²) in [6.45, 7) is 0. The normalized spacial score (nSPS) is 12.8. The summed E-state index contributed by atoms with van der Waals surface area (Å²) < 4.78 is 35.3. The predicted octanol–water partition coefficient (Wildman–Crippen LogP) is 21.9. The van der Waals surface area contributed by atoms with Crippen LogP contribution in [0.25, 0.3) is 214 Å². The van der Waals surface area contributed by atoms with Gasteiger partial charge in [-0.05, 0) is 131 Å². The summed E-state index contributed by atoms with van der Waals surface area (Å²) in [7, 11) is 0. The summed E-state index contributed by atoms with van der Waals surface area (Å²) in [4.78, 5) is 0. The number of nitriles is 1. The summed E-state index contributed by atoms with van der Waals surface area (Å²) >= 11 is 0. The average molecular weight is 1110 g/mol. The minimum absolute atomic E-state index is 0.633. The van der Waals surface area contributed by atoms with Crippen LogP contribution in [-0.4, -0.2) is 13.4 Å². The van der Waals surface area contributed by atoms with E-state index in [1.165, 1.54) is 21.8 Å². The largest absolute Gasteiger partial charge is 0.454 e. The summed E-state index contributed by atoms with van der Waals surface area (Å²) in [6.07, 6.45) is 0. The van der Waals surface area contributed by atoms with Gasteiger partial charge in [-0.1, -0.05) is 121 Å². The Morgan fingerprint density at radius 2 is 0.598 bits per heavy atom. The molecule has 0 spiro atoms. The lowest BCUT2D eigenvalue weighted by Crippen LogP contribution is -1.93. The number of furan rings is 4. The van der Waals surface area contributed by atoms with Crippen molar-refractivity contribution in [1.82, 2.24) is 13.4 Å². The second kappa shape index (κ2) is 15.4. The van der Waals surface area contributed by atoms with E-state index in [0.29, 0.717) is 5.56 Å². The van der Waals surface area contributed by atoms with Crippen LogP contribution < -0.4 is 0 Å². The molecular weight excluding hydrogens is 1070 g/mol. The van der Waals surface area contributed by atoms with E-state index >= 15 is 0 Å². The van der Waals surface area contributed by atoms with E-state index < -0.39 is 0 Å². The number of benzene rings is 13. The number of hydrogen-bond donors (Lipinski definition) is 0. The fraction of sp³-hybridized carbons (Fsp3) is 0. The van der Waals surface area contributed by atoms with Crippen LogP contribution in [0.1, 0.15) is 5.56 Å². The third-order valence-corrected chi connectivity index (χ3v) is 19.5. The van der Waals surface area contributed by atoms with E-state index in [1.807, 2.05) is 42.5 Å². The number of aromatic nitrogens is 3. The first kappa shape index (κ1) is 44.5. The first-order valence-electron chi connectivity index (χ1n) is 29.4. The molecule has 0 fully saturated rings. The van der Waals surface area contributed by atoms with E-state index in [2.05, 4.69) is 207 Å². The van der Waals surface area contributed by atoms with Gasteiger partial charge in [-0.2, -0.15) is 5.26 Å². The highest BCUT2D eigenvalue weighted by Crippen LogP contribution is 2.51. The molecule has 8 heteroatoms. The fourth-order valence-electron chi connectivity index (χ4n) is 15.8. The third kappa shape index (κ3) is 5.41. The molecule has 22 aromatic rings. The molecule has 0 saturated heterocycles. The molecule has 13 aromatic carbocycles. The Bertz CT molecular complexity index is 6890. The molecule has 0 bridgehead atoms. The molecule has 0 unspecified atom stereocenters. The molecule has 0 N–H and O–H groups in total. The van der Waals surface area contributed by atoms with Crippen molar-refractivity contribution in [3.63, 3.8) is 0 Å².